The van der Waals surface area contributed by atoms with Crippen molar-refractivity contribution >= 4 is 11.1 Å². The van der Waals surface area contributed by atoms with Crippen molar-refractivity contribution in [1.82, 2.24) is 15.0 Å². The highest BCUT2D eigenvalue weighted by molar-refractivity contribution is 5.79. The number of hydrogen-bond acceptors (Lipinski definition) is 4. The van der Waals surface area contributed by atoms with Gasteiger partial charge in [0.05, 0.1) is 11.9 Å². The van der Waals surface area contributed by atoms with Crippen LogP contribution in [0.4, 0.5) is 0 Å². The largest absolute Gasteiger partial charge is 0.441 e. The molecule has 0 radical (unpaired) electrons. The second kappa shape index (κ2) is 4.85. The third kappa shape index (κ3) is 2.37. The lowest BCUT2D eigenvalue weighted by molar-refractivity contribution is 0.287. The summed E-state index contributed by atoms with van der Waals surface area (Å²) in [5, 5.41) is 8.81. The third-order valence-electron chi connectivity index (χ3n) is 3.01. The fraction of sp³-hybridized carbons (Fsp3) is 0.286. The van der Waals surface area contributed by atoms with Crippen LogP contribution in [0, 0.1) is 6.92 Å². The van der Waals surface area contributed by atoms with E-state index >= 15 is 0 Å². The maximum absolute atomic E-state index is 8.81. The van der Waals surface area contributed by atoms with Crippen LogP contribution in [0.5, 0.6) is 0 Å². The molecule has 0 bridgehead atoms. The Morgan fingerprint density at radius 3 is 3.11 bits per heavy atom. The summed E-state index contributed by atoms with van der Waals surface area (Å²) in [5.74, 6) is 1.56. The molecule has 0 amide bonds. The van der Waals surface area contributed by atoms with E-state index in [-0.39, 0.29) is 6.61 Å². The van der Waals surface area contributed by atoms with E-state index in [0.717, 1.165) is 34.6 Å². The van der Waals surface area contributed by atoms with Crippen molar-refractivity contribution in [1.29, 1.82) is 0 Å². The predicted molar refractivity (Wildman–Crippen MR) is 71.7 cm³/mol. The van der Waals surface area contributed by atoms with Gasteiger partial charge in [0, 0.05) is 25.5 Å². The van der Waals surface area contributed by atoms with Gasteiger partial charge in [-0.2, -0.15) is 0 Å². The van der Waals surface area contributed by atoms with Crippen molar-refractivity contribution in [3.05, 3.63) is 36.1 Å². The van der Waals surface area contributed by atoms with Gasteiger partial charge in [0.1, 0.15) is 11.3 Å². The van der Waals surface area contributed by atoms with Crippen LogP contribution >= 0.6 is 0 Å². The number of aliphatic hydroxyl groups excluding tert-OH is 1. The van der Waals surface area contributed by atoms with E-state index in [1.54, 1.807) is 6.20 Å². The average Bonchev–Trinajstić information content (AvgIpc) is 3.00. The fourth-order valence-electron chi connectivity index (χ4n) is 2.09. The molecule has 0 aliphatic rings. The number of aromatic nitrogens is 3. The topological polar surface area (TPSA) is 74.9 Å². The first-order valence-electron chi connectivity index (χ1n) is 6.28. The highest BCUT2D eigenvalue weighted by Crippen LogP contribution is 2.23. The molecule has 0 aliphatic heterocycles. The minimum Gasteiger partial charge on any atom is -0.441 e. The molecular weight excluding hydrogens is 242 g/mol. The second-order valence-electron chi connectivity index (χ2n) is 4.49. The number of nitrogens with one attached hydrogen (secondary N) is 1. The maximum atomic E-state index is 8.81. The predicted octanol–water partition coefficient (Wildman–Crippen LogP) is 2.45. The average molecular weight is 257 g/mol. The Labute approximate surface area is 110 Å². The number of aliphatic hydroxyl groups is 1. The molecule has 0 atom stereocenters. The van der Waals surface area contributed by atoms with E-state index in [2.05, 4.69) is 15.0 Å². The number of hydrogen-bond donors (Lipinski definition) is 2. The molecule has 0 saturated carbocycles. The number of H-pyrrole nitrogens is 1. The lowest BCUT2D eigenvalue weighted by Gasteiger charge is -1.97. The summed E-state index contributed by atoms with van der Waals surface area (Å²) in [5.41, 5.74) is 3.63. The lowest BCUT2D eigenvalue weighted by atomic mass is 10.1. The Bertz CT molecular complexity index is 700. The maximum Gasteiger partial charge on any atom is 0.192 e. The summed E-state index contributed by atoms with van der Waals surface area (Å²) in [4.78, 5) is 11.9. The summed E-state index contributed by atoms with van der Waals surface area (Å²) in [7, 11) is 0. The Morgan fingerprint density at radius 2 is 2.26 bits per heavy atom. The van der Waals surface area contributed by atoms with E-state index in [9.17, 15) is 0 Å². The number of benzene rings is 1. The van der Waals surface area contributed by atoms with Crippen LogP contribution in [0.15, 0.2) is 28.8 Å². The van der Waals surface area contributed by atoms with Crippen molar-refractivity contribution in [2.75, 3.05) is 6.61 Å². The third-order valence-corrected chi connectivity index (χ3v) is 3.01. The van der Waals surface area contributed by atoms with Crippen LogP contribution < -0.4 is 0 Å². The van der Waals surface area contributed by atoms with Gasteiger partial charge >= 0.3 is 0 Å². The van der Waals surface area contributed by atoms with Crippen molar-refractivity contribution in [3.63, 3.8) is 0 Å². The molecule has 5 nitrogen and oxygen atoms in total. The number of imidazole rings is 1. The zero-order valence-electron chi connectivity index (χ0n) is 10.7. The highest BCUT2D eigenvalue weighted by atomic mass is 16.3. The Kier molecular flexibility index (Phi) is 3.05. The fourth-order valence-corrected chi connectivity index (χ4v) is 2.09. The van der Waals surface area contributed by atoms with E-state index < -0.39 is 0 Å². The van der Waals surface area contributed by atoms with Crippen molar-refractivity contribution in [3.8, 4) is 11.3 Å². The molecule has 0 saturated heterocycles. The minimum atomic E-state index is 0.181. The number of rotatable bonds is 4. The quantitative estimate of drug-likeness (QED) is 0.752. The first-order chi connectivity index (χ1) is 9.26. The summed E-state index contributed by atoms with van der Waals surface area (Å²) in [6.07, 6.45) is 3.27. The summed E-state index contributed by atoms with van der Waals surface area (Å²) in [6.45, 7) is 2.02. The molecular formula is C14H15N3O2. The molecule has 2 heterocycles. The second-order valence-corrected chi connectivity index (χ2v) is 4.49. The van der Waals surface area contributed by atoms with Gasteiger partial charge in [0.15, 0.2) is 11.5 Å². The van der Waals surface area contributed by atoms with Gasteiger partial charge in [-0.15, -0.1) is 0 Å². The van der Waals surface area contributed by atoms with E-state index in [0.29, 0.717) is 12.3 Å². The number of oxazole rings is 1. The zero-order chi connectivity index (χ0) is 13.2. The number of aryl methyl sites for hydroxylation is 2. The first kappa shape index (κ1) is 11.9. The molecule has 3 rings (SSSR count). The SMILES string of the molecule is Cc1nc2cc(-c3cnc(CCCO)[nH]3)ccc2o1. The monoisotopic (exact) mass is 257 g/mol. The van der Waals surface area contributed by atoms with Crippen molar-refractivity contribution < 1.29 is 9.52 Å². The smallest absolute Gasteiger partial charge is 0.192 e. The molecule has 2 aromatic heterocycles. The first-order valence-corrected chi connectivity index (χ1v) is 6.28. The zero-order valence-corrected chi connectivity index (χ0v) is 10.7. The summed E-state index contributed by atoms with van der Waals surface area (Å²) < 4.78 is 5.45. The van der Waals surface area contributed by atoms with Gasteiger partial charge in [-0.3, -0.25) is 0 Å². The van der Waals surface area contributed by atoms with E-state index in [1.165, 1.54) is 0 Å². The molecule has 19 heavy (non-hydrogen) atoms. The van der Waals surface area contributed by atoms with Crippen molar-refractivity contribution in [2.45, 2.75) is 19.8 Å². The van der Waals surface area contributed by atoms with Gasteiger partial charge in [0.25, 0.3) is 0 Å². The van der Waals surface area contributed by atoms with Crippen LogP contribution in [0.25, 0.3) is 22.4 Å². The van der Waals surface area contributed by atoms with E-state index in [4.69, 9.17) is 9.52 Å². The number of aromatic amines is 1. The lowest BCUT2D eigenvalue weighted by Crippen LogP contribution is -1.91. The number of nitrogens with zero attached hydrogens (tertiary/aromatic N) is 2. The molecule has 0 fully saturated rings. The van der Waals surface area contributed by atoms with Crippen LogP contribution in [0.1, 0.15) is 18.1 Å². The Hall–Kier alpha value is -2.14. The minimum absolute atomic E-state index is 0.181. The van der Waals surface area contributed by atoms with Crippen LogP contribution in [0.3, 0.4) is 0 Å². The molecule has 0 spiro atoms. The van der Waals surface area contributed by atoms with Crippen LogP contribution in [-0.2, 0) is 6.42 Å². The van der Waals surface area contributed by atoms with Crippen molar-refractivity contribution in [2.24, 2.45) is 0 Å². The summed E-state index contributed by atoms with van der Waals surface area (Å²) >= 11 is 0. The highest BCUT2D eigenvalue weighted by Gasteiger charge is 2.07. The molecule has 0 unspecified atom stereocenters. The van der Waals surface area contributed by atoms with Gasteiger partial charge < -0.3 is 14.5 Å². The molecule has 2 N–H and O–H groups in total. The Balaban J connectivity index is 1.92. The molecule has 0 aliphatic carbocycles. The Morgan fingerprint density at radius 1 is 1.37 bits per heavy atom. The molecule has 5 heteroatoms. The normalized spacial score (nSPS) is 11.3. The molecule has 98 valence electrons. The summed E-state index contributed by atoms with van der Waals surface area (Å²) in [6, 6.07) is 5.88. The molecule has 1 aromatic carbocycles. The van der Waals surface area contributed by atoms with Crippen LogP contribution in [-0.4, -0.2) is 26.7 Å². The van der Waals surface area contributed by atoms with Crippen LogP contribution in [0.2, 0.25) is 0 Å². The van der Waals surface area contributed by atoms with Gasteiger partial charge in [-0.05, 0) is 24.6 Å². The molecule has 3 aromatic rings. The van der Waals surface area contributed by atoms with Gasteiger partial charge in [-0.25, -0.2) is 9.97 Å². The number of fused-ring (bicyclic) bond motifs is 1. The van der Waals surface area contributed by atoms with Gasteiger partial charge in [-0.1, -0.05) is 0 Å². The van der Waals surface area contributed by atoms with E-state index in [1.807, 2.05) is 25.1 Å². The van der Waals surface area contributed by atoms with Gasteiger partial charge in [0.2, 0.25) is 0 Å². The standard InChI is InChI=1S/C14H15N3O2/c1-9-16-11-7-10(4-5-13(11)19-9)12-8-15-14(17-12)3-2-6-18/h4-5,7-8,18H,2-3,6H2,1H3,(H,15,17).